The second-order valence-corrected chi connectivity index (χ2v) is 9.66. The summed E-state index contributed by atoms with van der Waals surface area (Å²) in [6.45, 7) is 4.56. The fourth-order valence-electron chi connectivity index (χ4n) is 4.44. The van der Waals surface area contributed by atoms with E-state index in [0.717, 1.165) is 31.3 Å². The molecular weight excluding hydrogens is 566 g/mol. The first-order chi connectivity index (χ1) is 19.3. The number of aromatic carboxylic acids is 1. The first-order valence-corrected chi connectivity index (χ1v) is 12.5. The number of likely N-dealkylation sites (N-methyl/N-ethyl adjacent to an activating group) is 1. The van der Waals surface area contributed by atoms with Crippen molar-refractivity contribution >= 4 is 51.9 Å². The fraction of sp³-hybridized carbons (Fsp3) is 0.259. The lowest BCUT2D eigenvalue weighted by molar-refractivity contribution is -0.142. The van der Waals surface area contributed by atoms with Crippen LogP contribution in [-0.4, -0.2) is 65.4 Å². The van der Waals surface area contributed by atoms with Crippen molar-refractivity contribution in [2.24, 2.45) is 0 Å². The smallest absolute Gasteiger partial charge is 0.410 e. The number of nitrogens with two attached hydrogens (primary N) is 1. The van der Waals surface area contributed by atoms with Crippen LogP contribution in [0.1, 0.15) is 22.8 Å². The Kier molecular flexibility index (Phi) is 8.19. The molecule has 2 heterocycles. The number of esters is 1. The molecule has 11 nitrogen and oxygen atoms in total. The van der Waals surface area contributed by atoms with Gasteiger partial charge in [0.15, 0.2) is 0 Å². The van der Waals surface area contributed by atoms with E-state index in [4.69, 9.17) is 26.8 Å². The number of amides is 1. The molecule has 0 radical (unpaired) electrons. The molecule has 41 heavy (non-hydrogen) atoms. The van der Waals surface area contributed by atoms with Crippen LogP contribution in [0.25, 0.3) is 16.6 Å². The maximum absolute atomic E-state index is 15.5. The van der Waals surface area contributed by atoms with Crippen LogP contribution in [0.2, 0.25) is 5.02 Å². The van der Waals surface area contributed by atoms with Crippen LogP contribution in [0.15, 0.2) is 41.8 Å². The van der Waals surface area contributed by atoms with Gasteiger partial charge in [0.1, 0.15) is 30.4 Å². The average Bonchev–Trinajstić information content (AvgIpc) is 2.88. The monoisotopic (exact) mass is 590 g/mol. The van der Waals surface area contributed by atoms with Crippen molar-refractivity contribution < 1.29 is 37.7 Å². The third-order valence-corrected chi connectivity index (χ3v) is 6.97. The summed E-state index contributed by atoms with van der Waals surface area (Å²) in [6.07, 6.45) is 1.79. The number of carboxylic acids is 1. The number of aromatic nitrogens is 1. The molecule has 1 amide bonds. The molecule has 1 aromatic heterocycles. The molecule has 1 aliphatic rings. The average molecular weight is 591 g/mol. The van der Waals surface area contributed by atoms with E-state index in [-0.39, 0.29) is 64.3 Å². The summed E-state index contributed by atoms with van der Waals surface area (Å²) in [7, 11) is 1.53. The second kappa shape index (κ2) is 11.5. The van der Waals surface area contributed by atoms with Crippen molar-refractivity contribution in [1.82, 2.24) is 9.47 Å². The quantitative estimate of drug-likeness (QED) is 0.228. The zero-order valence-electron chi connectivity index (χ0n) is 21.9. The highest BCUT2D eigenvalue weighted by Gasteiger charge is 2.36. The summed E-state index contributed by atoms with van der Waals surface area (Å²) < 4.78 is 41.1. The number of ether oxygens (including phenoxy) is 2. The van der Waals surface area contributed by atoms with E-state index in [1.54, 1.807) is 0 Å². The minimum Gasteiger partial charge on any atom is -0.477 e. The Hall–Kier alpha value is -4.65. The number of anilines is 2. The van der Waals surface area contributed by atoms with Crippen molar-refractivity contribution in [3.63, 3.8) is 0 Å². The van der Waals surface area contributed by atoms with Crippen LogP contribution in [0.5, 0.6) is 0 Å². The molecule has 0 spiro atoms. The van der Waals surface area contributed by atoms with E-state index in [1.165, 1.54) is 27.5 Å². The predicted octanol–water partition coefficient (Wildman–Crippen LogP) is 3.71. The van der Waals surface area contributed by atoms with Crippen LogP contribution in [0.4, 0.5) is 25.0 Å². The number of pyridine rings is 1. The van der Waals surface area contributed by atoms with Crippen molar-refractivity contribution in [3.05, 3.63) is 75.1 Å². The first kappa shape index (κ1) is 29.3. The Bertz CT molecular complexity index is 1650. The lowest BCUT2D eigenvalue weighted by Crippen LogP contribution is -2.60. The molecule has 3 aromatic rings. The molecule has 3 N–H and O–H groups in total. The van der Waals surface area contributed by atoms with E-state index in [2.05, 4.69) is 6.58 Å². The molecule has 0 bridgehead atoms. The lowest BCUT2D eigenvalue weighted by Gasteiger charge is -2.45. The number of fused-ring (bicyclic) bond motifs is 1. The van der Waals surface area contributed by atoms with E-state index in [1.807, 2.05) is 0 Å². The molecule has 0 saturated carbocycles. The maximum Gasteiger partial charge on any atom is 0.410 e. The Morgan fingerprint density at radius 1 is 1.22 bits per heavy atom. The third kappa shape index (κ3) is 5.53. The summed E-state index contributed by atoms with van der Waals surface area (Å²) in [5, 5.41) is 9.09. The minimum atomic E-state index is -1.60. The molecule has 0 aliphatic carbocycles. The second-order valence-electron chi connectivity index (χ2n) is 9.28. The van der Waals surface area contributed by atoms with Crippen LogP contribution >= 0.6 is 11.6 Å². The van der Waals surface area contributed by atoms with Crippen LogP contribution in [0, 0.1) is 11.6 Å². The van der Waals surface area contributed by atoms with Gasteiger partial charge in [-0.15, -0.1) is 0 Å². The molecule has 1 saturated heterocycles. The Balaban J connectivity index is 1.89. The van der Waals surface area contributed by atoms with Gasteiger partial charge in [-0.05, 0) is 18.2 Å². The van der Waals surface area contributed by atoms with Crippen LogP contribution < -0.4 is 16.1 Å². The molecule has 4 rings (SSSR count). The number of carboxylic acid groups (broad SMARTS) is 1. The first-order valence-electron chi connectivity index (χ1n) is 12.1. The van der Waals surface area contributed by atoms with Crippen LogP contribution in [0.3, 0.4) is 0 Å². The number of hydrogen-bond donors (Lipinski definition) is 2. The third-order valence-electron chi connectivity index (χ3n) is 6.61. The van der Waals surface area contributed by atoms with Gasteiger partial charge in [-0.25, -0.2) is 18.4 Å². The molecule has 1 fully saturated rings. The van der Waals surface area contributed by atoms with Gasteiger partial charge in [0.2, 0.25) is 5.43 Å². The Labute approximate surface area is 236 Å². The maximum atomic E-state index is 15.5. The SMILES string of the molecule is C=CCOC(=O)N(C)C1CN(c2c(F)cc3c(=O)c(C(=O)O)cn(-c4cc(N)c(F)cc4COC(C)=O)c3c2Cl)C1. The van der Waals surface area contributed by atoms with Gasteiger partial charge < -0.3 is 34.7 Å². The van der Waals surface area contributed by atoms with Gasteiger partial charge in [-0.3, -0.25) is 9.59 Å². The summed E-state index contributed by atoms with van der Waals surface area (Å²) in [4.78, 5) is 51.6. The highest BCUT2D eigenvalue weighted by Crippen LogP contribution is 2.39. The van der Waals surface area contributed by atoms with E-state index in [0.29, 0.717) is 0 Å². The van der Waals surface area contributed by atoms with Gasteiger partial charge in [0.05, 0.1) is 39.0 Å². The Morgan fingerprint density at radius 2 is 1.90 bits per heavy atom. The molecular formula is C27H25ClF2N4O7. The van der Waals surface area contributed by atoms with Gasteiger partial charge in [0, 0.05) is 38.8 Å². The largest absolute Gasteiger partial charge is 0.477 e. The topological polar surface area (TPSA) is 144 Å². The fourth-order valence-corrected chi connectivity index (χ4v) is 4.84. The molecule has 0 unspecified atom stereocenters. The highest BCUT2D eigenvalue weighted by atomic mass is 35.5. The molecule has 216 valence electrons. The molecule has 1 aliphatic heterocycles. The predicted molar refractivity (Wildman–Crippen MR) is 147 cm³/mol. The van der Waals surface area contributed by atoms with Gasteiger partial charge >= 0.3 is 18.0 Å². The van der Waals surface area contributed by atoms with Gasteiger partial charge in [0.25, 0.3) is 0 Å². The zero-order chi connectivity index (χ0) is 30.2. The van der Waals surface area contributed by atoms with Crippen molar-refractivity contribution in [2.45, 2.75) is 19.6 Å². The lowest BCUT2D eigenvalue weighted by atomic mass is 10.0. The molecule has 14 heteroatoms. The number of nitrogens with zero attached hydrogens (tertiary/aromatic N) is 3. The Morgan fingerprint density at radius 3 is 2.51 bits per heavy atom. The number of carbonyl (C=O) groups is 3. The minimum absolute atomic E-state index is 0.0218. The molecule has 2 aromatic carbocycles. The van der Waals surface area contributed by atoms with Gasteiger partial charge in [-0.1, -0.05) is 24.3 Å². The summed E-state index contributed by atoms with van der Waals surface area (Å²) in [6, 6.07) is 2.68. The van der Waals surface area contributed by atoms with E-state index >= 15 is 4.39 Å². The van der Waals surface area contributed by atoms with E-state index < -0.39 is 47.3 Å². The summed E-state index contributed by atoms with van der Waals surface area (Å²) in [5.41, 5.74) is 3.68. The summed E-state index contributed by atoms with van der Waals surface area (Å²) >= 11 is 6.73. The number of halogens is 3. The number of carbonyl (C=O) groups excluding carboxylic acids is 2. The number of rotatable bonds is 8. The number of hydrogen-bond acceptors (Lipinski definition) is 8. The molecule has 0 atom stereocenters. The number of benzene rings is 2. The van der Waals surface area contributed by atoms with Crippen LogP contribution in [-0.2, 0) is 20.9 Å². The van der Waals surface area contributed by atoms with Crippen molar-refractivity contribution in [2.75, 3.05) is 37.4 Å². The highest BCUT2D eigenvalue weighted by molar-refractivity contribution is 6.38. The zero-order valence-corrected chi connectivity index (χ0v) is 22.7. The standard InChI is InChI=1S/C27H25ClF2N4O7/c1-4-5-40-27(39)32(3)15-9-33(10-15)24-19(30)7-16-23(22(24)28)34(11-17(25(16)36)26(37)38)21-8-20(31)18(29)6-14(21)12-41-13(2)35/h4,6-8,11,15H,1,5,9-10,12,31H2,2-3H3,(H,37,38). The van der Waals surface area contributed by atoms with Crippen molar-refractivity contribution in [1.29, 1.82) is 0 Å². The number of nitrogen functional groups attached to an aromatic ring is 1. The van der Waals surface area contributed by atoms with Gasteiger partial charge in [-0.2, -0.15) is 0 Å². The van der Waals surface area contributed by atoms with E-state index in [9.17, 15) is 28.7 Å². The normalized spacial score (nSPS) is 13.0. The van der Waals surface area contributed by atoms with Crippen molar-refractivity contribution in [3.8, 4) is 5.69 Å². The summed E-state index contributed by atoms with van der Waals surface area (Å²) in [5.74, 6) is -4.00.